The van der Waals surface area contributed by atoms with E-state index in [1.165, 1.54) is 0 Å². The maximum atomic E-state index is 12.0. The summed E-state index contributed by atoms with van der Waals surface area (Å²) in [7, 11) is 0. The maximum absolute atomic E-state index is 12.0. The number of benzene rings is 2. The van der Waals surface area contributed by atoms with Gasteiger partial charge in [0.2, 0.25) is 5.91 Å². The predicted molar refractivity (Wildman–Crippen MR) is 89.6 cm³/mol. The van der Waals surface area contributed by atoms with E-state index in [-0.39, 0.29) is 5.91 Å². The predicted octanol–water partition coefficient (Wildman–Crippen LogP) is 5.53. The van der Waals surface area contributed by atoms with Gasteiger partial charge < -0.3 is 5.32 Å². The van der Waals surface area contributed by atoms with Crippen LogP contribution in [0.2, 0.25) is 15.1 Å². The van der Waals surface area contributed by atoms with Gasteiger partial charge in [0.1, 0.15) is 0 Å². The van der Waals surface area contributed by atoms with Crippen LogP contribution in [0.4, 0.5) is 5.69 Å². The van der Waals surface area contributed by atoms with Crippen LogP contribution in [0.3, 0.4) is 0 Å². The molecule has 0 atom stereocenters. The number of hydrogen-bond acceptors (Lipinski definition) is 1. The lowest BCUT2D eigenvalue weighted by atomic mass is 10.1. The zero-order chi connectivity index (χ0) is 15.4. The lowest BCUT2D eigenvalue weighted by molar-refractivity contribution is -0.116. The lowest BCUT2D eigenvalue weighted by Gasteiger charge is -2.09. The number of amides is 1. The second kappa shape index (κ2) is 7.17. The molecule has 2 rings (SSSR count). The molecule has 0 saturated carbocycles. The summed E-state index contributed by atoms with van der Waals surface area (Å²) in [6.45, 7) is 1.92. The Morgan fingerprint density at radius 3 is 2.52 bits per heavy atom. The van der Waals surface area contributed by atoms with E-state index in [2.05, 4.69) is 5.32 Å². The van der Waals surface area contributed by atoms with E-state index >= 15 is 0 Å². The molecule has 2 aromatic carbocycles. The van der Waals surface area contributed by atoms with Crippen molar-refractivity contribution in [3.8, 4) is 0 Å². The molecule has 0 bridgehead atoms. The largest absolute Gasteiger partial charge is 0.326 e. The second-order valence-electron chi connectivity index (χ2n) is 4.76. The Labute approximate surface area is 139 Å². The SMILES string of the molecule is Cc1ccc(Cl)cc1NC(=O)CCc1ccc(Cl)c(Cl)c1. The summed E-state index contributed by atoms with van der Waals surface area (Å²) in [5.41, 5.74) is 2.69. The molecule has 0 fully saturated rings. The Balaban J connectivity index is 1.95. The third-order valence-electron chi connectivity index (χ3n) is 3.10. The van der Waals surface area contributed by atoms with Crippen molar-refractivity contribution in [3.63, 3.8) is 0 Å². The first-order valence-corrected chi connectivity index (χ1v) is 7.59. The second-order valence-corrected chi connectivity index (χ2v) is 6.01. The highest BCUT2D eigenvalue weighted by atomic mass is 35.5. The summed E-state index contributed by atoms with van der Waals surface area (Å²) in [4.78, 5) is 12.0. The fourth-order valence-corrected chi connectivity index (χ4v) is 2.39. The smallest absolute Gasteiger partial charge is 0.224 e. The molecule has 5 heteroatoms. The van der Waals surface area contributed by atoms with Gasteiger partial charge in [0, 0.05) is 17.1 Å². The van der Waals surface area contributed by atoms with E-state index in [9.17, 15) is 4.79 Å². The Hall–Kier alpha value is -1.22. The zero-order valence-electron chi connectivity index (χ0n) is 11.4. The van der Waals surface area contributed by atoms with Crippen molar-refractivity contribution in [1.82, 2.24) is 0 Å². The van der Waals surface area contributed by atoms with E-state index in [4.69, 9.17) is 34.8 Å². The number of anilines is 1. The van der Waals surface area contributed by atoms with Crippen molar-refractivity contribution in [2.75, 3.05) is 5.32 Å². The number of carbonyl (C=O) groups is 1. The van der Waals surface area contributed by atoms with Crippen molar-refractivity contribution in [3.05, 3.63) is 62.6 Å². The minimum atomic E-state index is -0.0635. The standard InChI is InChI=1S/C16H14Cl3NO/c1-10-2-5-12(17)9-15(10)20-16(21)7-4-11-3-6-13(18)14(19)8-11/h2-3,5-6,8-9H,4,7H2,1H3,(H,20,21). The van der Waals surface area contributed by atoms with E-state index in [0.29, 0.717) is 27.9 Å². The van der Waals surface area contributed by atoms with Gasteiger partial charge in [-0.05, 0) is 48.7 Å². The van der Waals surface area contributed by atoms with Gasteiger partial charge in [0.15, 0.2) is 0 Å². The van der Waals surface area contributed by atoms with Crippen LogP contribution >= 0.6 is 34.8 Å². The van der Waals surface area contributed by atoms with Gasteiger partial charge in [-0.25, -0.2) is 0 Å². The van der Waals surface area contributed by atoms with Gasteiger partial charge in [0.25, 0.3) is 0 Å². The van der Waals surface area contributed by atoms with Crippen molar-refractivity contribution in [1.29, 1.82) is 0 Å². The highest BCUT2D eigenvalue weighted by molar-refractivity contribution is 6.42. The first-order chi connectivity index (χ1) is 9.95. The zero-order valence-corrected chi connectivity index (χ0v) is 13.7. The summed E-state index contributed by atoms with van der Waals surface area (Å²) < 4.78 is 0. The number of halogens is 3. The molecular weight excluding hydrogens is 329 g/mol. The van der Waals surface area contributed by atoms with Gasteiger partial charge >= 0.3 is 0 Å². The summed E-state index contributed by atoms with van der Waals surface area (Å²) >= 11 is 17.7. The molecule has 1 N–H and O–H groups in total. The van der Waals surface area contributed by atoms with Crippen LogP contribution in [0.1, 0.15) is 17.5 Å². The third kappa shape index (κ3) is 4.63. The topological polar surface area (TPSA) is 29.1 Å². The molecule has 0 aliphatic carbocycles. The van der Waals surface area contributed by atoms with E-state index < -0.39 is 0 Å². The highest BCUT2D eigenvalue weighted by Crippen LogP contribution is 2.24. The fourth-order valence-electron chi connectivity index (χ4n) is 1.89. The summed E-state index contributed by atoms with van der Waals surface area (Å²) in [6, 6.07) is 10.8. The van der Waals surface area contributed by atoms with Crippen LogP contribution in [0, 0.1) is 6.92 Å². The van der Waals surface area contributed by atoms with Crippen LogP contribution < -0.4 is 5.32 Å². The van der Waals surface area contributed by atoms with Crippen LogP contribution in [0.15, 0.2) is 36.4 Å². The monoisotopic (exact) mass is 341 g/mol. The Kier molecular flexibility index (Phi) is 5.51. The van der Waals surface area contributed by atoms with Crippen molar-refractivity contribution >= 4 is 46.4 Å². The third-order valence-corrected chi connectivity index (χ3v) is 4.07. The maximum Gasteiger partial charge on any atom is 0.224 e. The van der Waals surface area contributed by atoms with Gasteiger partial charge in [-0.1, -0.05) is 46.9 Å². The van der Waals surface area contributed by atoms with Gasteiger partial charge in [-0.15, -0.1) is 0 Å². The molecule has 110 valence electrons. The molecule has 0 aliphatic rings. The normalized spacial score (nSPS) is 10.5. The van der Waals surface area contributed by atoms with E-state index in [1.54, 1.807) is 24.3 Å². The molecule has 2 nitrogen and oxygen atoms in total. The number of nitrogens with one attached hydrogen (secondary N) is 1. The molecule has 1 amide bonds. The molecule has 0 heterocycles. The summed E-state index contributed by atoms with van der Waals surface area (Å²) in [5.74, 6) is -0.0635. The quantitative estimate of drug-likeness (QED) is 0.778. The van der Waals surface area contributed by atoms with Gasteiger partial charge in [-0.2, -0.15) is 0 Å². The lowest BCUT2D eigenvalue weighted by Crippen LogP contribution is -2.13. The number of aryl methyl sites for hydroxylation is 2. The number of carbonyl (C=O) groups excluding carboxylic acids is 1. The highest BCUT2D eigenvalue weighted by Gasteiger charge is 2.07. The Morgan fingerprint density at radius 1 is 1.05 bits per heavy atom. The molecule has 0 spiro atoms. The van der Waals surface area contributed by atoms with Gasteiger partial charge in [0.05, 0.1) is 10.0 Å². The fraction of sp³-hybridized carbons (Fsp3) is 0.188. The van der Waals surface area contributed by atoms with E-state index in [0.717, 1.165) is 16.8 Å². The van der Waals surface area contributed by atoms with Crippen molar-refractivity contribution in [2.24, 2.45) is 0 Å². The van der Waals surface area contributed by atoms with Crippen molar-refractivity contribution in [2.45, 2.75) is 19.8 Å². The number of rotatable bonds is 4. The average molecular weight is 343 g/mol. The molecule has 0 unspecified atom stereocenters. The number of hydrogen-bond donors (Lipinski definition) is 1. The summed E-state index contributed by atoms with van der Waals surface area (Å²) in [5, 5.41) is 4.48. The van der Waals surface area contributed by atoms with Crippen molar-refractivity contribution < 1.29 is 4.79 Å². The Bertz CT molecular complexity index is 671. The molecule has 2 aromatic rings. The molecular formula is C16H14Cl3NO. The summed E-state index contributed by atoms with van der Waals surface area (Å²) in [6.07, 6.45) is 0.965. The minimum absolute atomic E-state index is 0.0635. The molecule has 0 aliphatic heterocycles. The first-order valence-electron chi connectivity index (χ1n) is 6.45. The molecule has 21 heavy (non-hydrogen) atoms. The molecule has 0 saturated heterocycles. The van der Waals surface area contributed by atoms with Crippen LogP contribution in [0.5, 0.6) is 0 Å². The average Bonchev–Trinajstić information content (AvgIpc) is 2.44. The molecule has 0 radical (unpaired) electrons. The molecule has 0 aromatic heterocycles. The van der Waals surface area contributed by atoms with Gasteiger partial charge in [-0.3, -0.25) is 4.79 Å². The Morgan fingerprint density at radius 2 is 1.81 bits per heavy atom. The van der Waals surface area contributed by atoms with Crippen LogP contribution in [-0.2, 0) is 11.2 Å². The minimum Gasteiger partial charge on any atom is -0.326 e. The first kappa shape index (κ1) is 16.2. The van der Waals surface area contributed by atoms with Crippen LogP contribution in [-0.4, -0.2) is 5.91 Å². The van der Waals surface area contributed by atoms with E-state index in [1.807, 2.05) is 19.1 Å². The van der Waals surface area contributed by atoms with Crippen LogP contribution in [0.25, 0.3) is 0 Å².